The van der Waals surface area contributed by atoms with Gasteiger partial charge in [-0.3, -0.25) is 0 Å². The normalized spacial score (nSPS) is 14.1. The molecule has 0 aromatic carbocycles. The lowest BCUT2D eigenvalue weighted by Crippen LogP contribution is -2.13. The molecule has 0 aliphatic carbocycles. The average Bonchev–Trinajstić information content (AvgIpc) is 2.64. The molecule has 3 nitrogen and oxygen atoms in total. The molecule has 0 fully saturated rings. The molecular weight excluding hydrogens is 246 g/mol. The van der Waals surface area contributed by atoms with E-state index < -0.39 is 0 Å². The molecule has 18 heavy (non-hydrogen) atoms. The second-order valence-corrected chi connectivity index (χ2v) is 6.55. The molecule has 1 unspecified atom stereocenters. The summed E-state index contributed by atoms with van der Waals surface area (Å²) in [5, 5.41) is -0.0980. The quantitative estimate of drug-likeness (QED) is 0.780. The SMILES string of the molecule is CC(Cl)c1nc2cccnc2n1CCC(C)(C)C. The molecule has 0 N–H and O–H groups in total. The monoisotopic (exact) mass is 265 g/mol. The van der Waals surface area contributed by atoms with Gasteiger partial charge in [-0.2, -0.15) is 0 Å². The molecule has 0 aliphatic rings. The van der Waals surface area contributed by atoms with Crippen LogP contribution in [0.2, 0.25) is 0 Å². The molecule has 0 saturated carbocycles. The topological polar surface area (TPSA) is 30.7 Å². The number of halogens is 1. The molecule has 2 rings (SSSR count). The minimum atomic E-state index is -0.0980. The Labute approximate surface area is 113 Å². The second kappa shape index (κ2) is 4.88. The van der Waals surface area contributed by atoms with Gasteiger partial charge < -0.3 is 4.57 Å². The molecule has 98 valence electrons. The van der Waals surface area contributed by atoms with Gasteiger partial charge in [0.25, 0.3) is 0 Å². The largest absolute Gasteiger partial charge is 0.311 e. The van der Waals surface area contributed by atoms with Crippen molar-refractivity contribution in [2.75, 3.05) is 0 Å². The Balaban J connectivity index is 2.42. The Morgan fingerprint density at radius 2 is 2.11 bits per heavy atom. The van der Waals surface area contributed by atoms with E-state index in [2.05, 4.69) is 35.3 Å². The highest BCUT2D eigenvalue weighted by Crippen LogP contribution is 2.26. The Kier molecular flexibility index (Phi) is 3.62. The van der Waals surface area contributed by atoms with Gasteiger partial charge in [-0.25, -0.2) is 9.97 Å². The van der Waals surface area contributed by atoms with Crippen molar-refractivity contribution in [2.24, 2.45) is 5.41 Å². The summed E-state index contributed by atoms with van der Waals surface area (Å²) in [6.45, 7) is 9.58. The van der Waals surface area contributed by atoms with Crippen molar-refractivity contribution in [1.29, 1.82) is 0 Å². The number of aryl methyl sites for hydroxylation is 1. The highest BCUT2D eigenvalue weighted by Gasteiger charge is 2.18. The Morgan fingerprint density at radius 3 is 2.72 bits per heavy atom. The first-order valence-corrected chi connectivity index (χ1v) is 6.77. The first-order chi connectivity index (χ1) is 8.38. The van der Waals surface area contributed by atoms with Gasteiger partial charge in [0, 0.05) is 12.7 Å². The van der Waals surface area contributed by atoms with Gasteiger partial charge in [-0.1, -0.05) is 20.8 Å². The highest BCUT2D eigenvalue weighted by atomic mass is 35.5. The zero-order valence-electron chi connectivity index (χ0n) is 11.4. The first-order valence-electron chi connectivity index (χ1n) is 6.34. The molecule has 2 aromatic heterocycles. The van der Waals surface area contributed by atoms with E-state index in [4.69, 9.17) is 11.6 Å². The number of nitrogens with zero attached hydrogens (tertiary/aromatic N) is 3. The average molecular weight is 266 g/mol. The summed E-state index contributed by atoms with van der Waals surface area (Å²) in [5.74, 6) is 0.912. The van der Waals surface area contributed by atoms with E-state index >= 15 is 0 Å². The molecule has 4 heteroatoms. The van der Waals surface area contributed by atoms with Crippen molar-refractivity contribution in [1.82, 2.24) is 14.5 Å². The summed E-state index contributed by atoms with van der Waals surface area (Å²) < 4.78 is 2.15. The molecule has 0 amide bonds. The molecule has 0 aliphatic heterocycles. The lowest BCUT2D eigenvalue weighted by Gasteiger charge is -2.19. The molecule has 0 spiro atoms. The van der Waals surface area contributed by atoms with Gasteiger partial charge in [0.15, 0.2) is 5.65 Å². The van der Waals surface area contributed by atoms with Crippen LogP contribution in [0.5, 0.6) is 0 Å². The molecular formula is C14H20ClN3. The maximum absolute atomic E-state index is 6.22. The van der Waals surface area contributed by atoms with Crippen LogP contribution in [0.3, 0.4) is 0 Å². The first kappa shape index (κ1) is 13.3. The minimum Gasteiger partial charge on any atom is -0.311 e. The number of rotatable bonds is 3. The fourth-order valence-electron chi connectivity index (χ4n) is 1.95. The molecule has 1 atom stereocenters. The summed E-state index contributed by atoms with van der Waals surface area (Å²) in [4.78, 5) is 9.01. The van der Waals surface area contributed by atoms with E-state index in [1.165, 1.54) is 0 Å². The number of hydrogen-bond donors (Lipinski definition) is 0. The summed E-state index contributed by atoms with van der Waals surface area (Å²) >= 11 is 6.22. The third-order valence-corrected chi connectivity index (χ3v) is 3.17. The van der Waals surface area contributed by atoms with E-state index in [1.54, 1.807) is 6.20 Å². The van der Waals surface area contributed by atoms with E-state index in [-0.39, 0.29) is 10.8 Å². The molecule has 0 radical (unpaired) electrons. The number of aromatic nitrogens is 3. The summed E-state index contributed by atoms with van der Waals surface area (Å²) in [6.07, 6.45) is 2.88. The second-order valence-electron chi connectivity index (χ2n) is 5.89. The van der Waals surface area contributed by atoms with Gasteiger partial charge in [-0.05, 0) is 30.9 Å². The van der Waals surface area contributed by atoms with Crippen LogP contribution in [0, 0.1) is 5.41 Å². The third-order valence-electron chi connectivity index (χ3n) is 2.97. The fraction of sp³-hybridized carbons (Fsp3) is 0.571. The van der Waals surface area contributed by atoms with Crippen molar-refractivity contribution < 1.29 is 0 Å². The standard InChI is InChI=1S/C14H20ClN3/c1-10(15)12-17-11-6-5-8-16-13(11)18(12)9-7-14(2,3)4/h5-6,8,10H,7,9H2,1-4H3. The van der Waals surface area contributed by atoms with E-state index in [1.807, 2.05) is 19.1 Å². The Hall–Kier alpha value is -1.09. The van der Waals surface area contributed by atoms with E-state index in [0.717, 1.165) is 30.0 Å². The zero-order valence-corrected chi connectivity index (χ0v) is 12.2. The smallest absolute Gasteiger partial charge is 0.160 e. The van der Waals surface area contributed by atoms with Gasteiger partial charge in [0.05, 0.1) is 5.38 Å². The van der Waals surface area contributed by atoms with Gasteiger partial charge >= 0.3 is 0 Å². The lowest BCUT2D eigenvalue weighted by molar-refractivity contribution is 0.349. The van der Waals surface area contributed by atoms with E-state index in [9.17, 15) is 0 Å². The van der Waals surface area contributed by atoms with Gasteiger partial charge in [-0.15, -0.1) is 11.6 Å². The minimum absolute atomic E-state index is 0.0980. The van der Waals surface area contributed by atoms with Gasteiger partial charge in [0.2, 0.25) is 0 Å². The number of hydrogen-bond acceptors (Lipinski definition) is 2. The van der Waals surface area contributed by atoms with Crippen molar-refractivity contribution in [2.45, 2.75) is 46.0 Å². The molecule has 0 saturated heterocycles. The van der Waals surface area contributed by atoms with E-state index in [0.29, 0.717) is 0 Å². The van der Waals surface area contributed by atoms with Crippen molar-refractivity contribution in [3.63, 3.8) is 0 Å². The highest BCUT2D eigenvalue weighted by molar-refractivity contribution is 6.20. The summed E-state index contributed by atoms with van der Waals surface area (Å²) in [5.41, 5.74) is 2.15. The fourth-order valence-corrected chi connectivity index (χ4v) is 2.11. The summed E-state index contributed by atoms with van der Waals surface area (Å²) in [6, 6.07) is 3.89. The maximum atomic E-state index is 6.22. The maximum Gasteiger partial charge on any atom is 0.160 e. The summed E-state index contributed by atoms with van der Waals surface area (Å²) in [7, 11) is 0. The number of alkyl halides is 1. The molecule has 2 heterocycles. The predicted molar refractivity (Wildman–Crippen MR) is 75.9 cm³/mol. The van der Waals surface area contributed by atoms with Crippen molar-refractivity contribution in [3.8, 4) is 0 Å². The van der Waals surface area contributed by atoms with Crippen LogP contribution in [0.15, 0.2) is 18.3 Å². The van der Waals surface area contributed by atoms with Crippen LogP contribution < -0.4 is 0 Å². The predicted octanol–water partition coefficient (Wildman–Crippen LogP) is 4.17. The Bertz CT molecular complexity index is 537. The number of imidazole rings is 1. The van der Waals surface area contributed by atoms with Gasteiger partial charge in [0.1, 0.15) is 11.3 Å². The van der Waals surface area contributed by atoms with Crippen LogP contribution >= 0.6 is 11.6 Å². The van der Waals surface area contributed by atoms with Crippen LogP contribution in [0.1, 0.15) is 45.3 Å². The third kappa shape index (κ3) is 2.83. The molecule has 0 bridgehead atoms. The van der Waals surface area contributed by atoms with Crippen LogP contribution in [-0.2, 0) is 6.54 Å². The molecule has 2 aromatic rings. The van der Waals surface area contributed by atoms with Crippen LogP contribution in [0.4, 0.5) is 0 Å². The van der Waals surface area contributed by atoms with Crippen LogP contribution in [-0.4, -0.2) is 14.5 Å². The van der Waals surface area contributed by atoms with Crippen molar-refractivity contribution in [3.05, 3.63) is 24.2 Å². The lowest BCUT2D eigenvalue weighted by atomic mass is 9.92. The zero-order chi connectivity index (χ0) is 13.3. The van der Waals surface area contributed by atoms with Crippen molar-refractivity contribution >= 4 is 22.8 Å². The Morgan fingerprint density at radius 1 is 1.39 bits per heavy atom. The number of fused-ring (bicyclic) bond motifs is 1. The van der Waals surface area contributed by atoms with Crippen LogP contribution in [0.25, 0.3) is 11.2 Å². The number of pyridine rings is 1.